The van der Waals surface area contributed by atoms with Gasteiger partial charge in [0.25, 0.3) is 0 Å². The molecule has 0 N–H and O–H groups in total. The summed E-state index contributed by atoms with van der Waals surface area (Å²) in [6.45, 7) is 2.07. The van der Waals surface area contributed by atoms with Gasteiger partial charge < -0.3 is 0 Å². The second-order valence-electron chi connectivity index (χ2n) is 7.08. The highest BCUT2D eigenvalue weighted by Crippen LogP contribution is 2.35. The van der Waals surface area contributed by atoms with Crippen LogP contribution in [0.15, 0.2) is 65.8 Å². The molecule has 0 fully saturated rings. The average molecular weight is 395 g/mol. The lowest BCUT2D eigenvalue weighted by Gasteiger charge is -2.33. The fraction of sp³-hybridized carbons (Fsp3) is 0.238. The van der Waals surface area contributed by atoms with Gasteiger partial charge in [-0.1, -0.05) is 36.4 Å². The van der Waals surface area contributed by atoms with Crippen LogP contribution in [0.5, 0.6) is 0 Å². The summed E-state index contributed by atoms with van der Waals surface area (Å²) in [5.41, 5.74) is 3.47. The molecule has 0 unspecified atom stereocenters. The summed E-state index contributed by atoms with van der Waals surface area (Å²) in [6, 6.07) is 14.2. The van der Waals surface area contributed by atoms with Crippen LogP contribution in [-0.4, -0.2) is 34.8 Å². The zero-order valence-electron chi connectivity index (χ0n) is 15.7. The Morgan fingerprint density at radius 3 is 2.64 bits per heavy atom. The number of fused-ring (bicyclic) bond motifs is 1. The summed E-state index contributed by atoms with van der Waals surface area (Å²) in [5, 5.41) is 4.25. The molecular formula is C21H21N3O3S. The van der Waals surface area contributed by atoms with Gasteiger partial charge in [0.1, 0.15) is 0 Å². The fourth-order valence-corrected chi connectivity index (χ4v) is 5.17. The number of carbonyl (C=O) groups is 1. The van der Waals surface area contributed by atoms with Crippen molar-refractivity contribution < 1.29 is 13.2 Å². The molecule has 3 aromatic rings. The molecule has 0 spiro atoms. The second kappa shape index (κ2) is 7.00. The molecule has 0 bridgehead atoms. The van der Waals surface area contributed by atoms with E-state index in [4.69, 9.17) is 0 Å². The zero-order chi connectivity index (χ0) is 19.9. The lowest BCUT2D eigenvalue weighted by molar-refractivity contribution is 0.101. The highest BCUT2D eigenvalue weighted by Gasteiger charge is 2.34. The van der Waals surface area contributed by atoms with Crippen molar-refractivity contribution in [1.29, 1.82) is 0 Å². The van der Waals surface area contributed by atoms with Crippen molar-refractivity contribution in [2.45, 2.75) is 24.3 Å². The van der Waals surface area contributed by atoms with Crippen LogP contribution in [0.4, 0.5) is 0 Å². The Balaban J connectivity index is 1.76. The topological polar surface area (TPSA) is 72.3 Å². The van der Waals surface area contributed by atoms with Gasteiger partial charge in [-0.15, -0.1) is 0 Å². The van der Waals surface area contributed by atoms with E-state index in [1.165, 1.54) is 17.3 Å². The Hall–Kier alpha value is -2.77. The first-order valence-electron chi connectivity index (χ1n) is 9.04. The monoisotopic (exact) mass is 395 g/mol. The summed E-state index contributed by atoms with van der Waals surface area (Å²) in [7, 11) is -1.89. The van der Waals surface area contributed by atoms with Gasteiger partial charge in [0, 0.05) is 37.8 Å². The van der Waals surface area contributed by atoms with Crippen molar-refractivity contribution in [3.05, 3.63) is 83.2 Å². The van der Waals surface area contributed by atoms with Gasteiger partial charge in [0.05, 0.1) is 11.1 Å². The van der Waals surface area contributed by atoms with E-state index in [9.17, 15) is 13.2 Å². The summed E-state index contributed by atoms with van der Waals surface area (Å²) in [5.74, 6) is -0.251. The van der Waals surface area contributed by atoms with Crippen LogP contribution in [0.3, 0.4) is 0 Å². The molecule has 0 saturated heterocycles. The Kier molecular flexibility index (Phi) is 4.64. The third-order valence-corrected chi connectivity index (χ3v) is 6.98. The van der Waals surface area contributed by atoms with Gasteiger partial charge in [0.15, 0.2) is 5.78 Å². The van der Waals surface area contributed by atoms with E-state index in [2.05, 4.69) is 5.10 Å². The van der Waals surface area contributed by atoms with E-state index in [0.717, 1.165) is 16.7 Å². The number of benzene rings is 2. The van der Waals surface area contributed by atoms with Gasteiger partial charge in [-0.2, -0.15) is 9.40 Å². The van der Waals surface area contributed by atoms with Crippen LogP contribution in [0.1, 0.15) is 39.9 Å². The lowest BCUT2D eigenvalue weighted by atomic mass is 9.87. The highest BCUT2D eigenvalue weighted by molar-refractivity contribution is 7.89. The standard InChI is InChI=1S/C21H21N3O3S/c1-15(25)16-7-5-8-19(10-16)28(26,27)24-13-17-6-3-4-9-20(17)21(14-24)18-11-22-23(2)12-18/h3-12,21H,13-14H2,1-2H3/t21-/m0/s1. The molecule has 7 heteroatoms. The first-order valence-corrected chi connectivity index (χ1v) is 10.5. The molecule has 1 atom stereocenters. The van der Waals surface area contributed by atoms with E-state index in [0.29, 0.717) is 18.7 Å². The van der Waals surface area contributed by atoms with E-state index in [1.807, 2.05) is 37.5 Å². The highest BCUT2D eigenvalue weighted by atomic mass is 32.2. The number of hydrogen-bond donors (Lipinski definition) is 0. The molecule has 0 radical (unpaired) electrons. The molecule has 144 valence electrons. The Morgan fingerprint density at radius 2 is 1.93 bits per heavy atom. The van der Waals surface area contributed by atoms with Crippen LogP contribution in [-0.2, 0) is 23.6 Å². The smallest absolute Gasteiger partial charge is 0.243 e. The maximum atomic E-state index is 13.3. The molecule has 1 aliphatic rings. The van der Waals surface area contributed by atoms with Crippen molar-refractivity contribution in [3.63, 3.8) is 0 Å². The third kappa shape index (κ3) is 3.27. The molecule has 0 amide bonds. The Bertz CT molecular complexity index is 1150. The minimum Gasteiger partial charge on any atom is -0.295 e. The van der Waals surface area contributed by atoms with Crippen LogP contribution < -0.4 is 0 Å². The minimum absolute atomic E-state index is 0.0931. The third-order valence-electron chi connectivity index (χ3n) is 5.17. The summed E-state index contributed by atoms with van der Waals surface area (Å²) in [4.78, 5) is 11.8. The minimum atomic E-state index is -3.74. The van der Waals surface area contributed by atoms with Crippen molar-refractivity contribution >= 4 is 15.8 Å². The molecule has 4 rings (SSSR count). The number of nitrogens with zero attached hydrogens (tertiary/aromatic N) is 3. The molecule has 0 aliphatic carbocycles. The van der Waals surface area contributed by atoms with Crippen molar-refractivity contribution in [2.24, 2.45) is 7.05 Å². The molecule has 6 nitrogen and oxygen atoms in total. The normalized spacial score (nSPS) is 17.3. The summed E-state index contributed by atoms with van der Waals surface area (Å²) < 4.78 is 29.9. The molecule has 1 aromatic heterocycles. The first-order chi connectivity index (χ1) is 13.4. The van der Waals surface area contributed by atoms with E-state index >= 15 is 0 Å². The number of hydrogen-bond acceptors (Lipinski definition) is 4. The van der Waals surface area contributed by atoms with Crippen molar-refractivity contribution in [3.8, 4) is 0 Å². The Labute approximate surface area is 164 Å². The zero-order valence-corrected chi connectivity index (χ0v) is 16.6. The van der Waals surface area contributed by atoms with Crippen molar-refractivity contribution in [2.75, 3.05) is 6.54 Å². The van der Waals surface area contributed by atoms with E-state index in [-0.39, 0.29) is 16.6 Å². The van der Waals surface area contributed by atoms with Gasteiger partial charge in [0.2, 0.25) is 10.0 Å². The number of aromatic nitrogens is 2. The van der Waals surface area contributed by atoms with Crippen molar-refractivity contribution in [1.82, 2.24) is 14.1 Å². The molecule has 0 saturated carbocycles. The lowest BCUT2D eigenvalue weighted by Crippen LogP contribution is -2.38. The molecule has 1 aliphatic heterocycles. The predicted octanol–water partition coefficient (Wildman–Crippen LogP) is 2.96. The average Bonchev–Trinajstić information content (AvgIpc) is 3.13. The summed E-state index contributed by atoms with van der Waals surface area (Å²) in [6.07, 6.45) is 3.71. The number of aryl methyl sites for hydroxylation is 1. The number of Topliss-reactive ketones (excluding diaryl/α,β-unsaturated/α-hetero) is 1. The number of sulfonamides is 1. The second-order valence-corrected chi connectivity index (χ2v) is 9.02. The van der Waals surface area contributed by atoms with Gasteiger partial charge in [-0.05, 0) is 35.7 Å². The van der Waals surface area contributed by atoms with Gasteiger partial charge >= 0.3 is 0 Å². The SMILES string of the molecule is CC(=O)c1cccc(S(=O)(=O)N2Cc3ccccc3[C@H](c3cnn(C)c3)C2)c1. The first kappa shape index (κ1) is 18.6. The number of rotatable bonds is 4. The van der Waals surface area contributed by atoms with Crippen LogP contribution >= 0.6 is 0 Å². The molecule has 2 aromatic carbocycles. The van der Waals surface area contributed by atoms with Crippen LogP contribution in [0.2, 0.25) is 0 Å². The fourth-order valence-electron chi connectivity index (χ4n) is 3.69. The quantitative estimate of drug-likeness (QED) is 0.637. The maximum Gasteiger partial charge on any atom is 0.243 e. The van der Waals surface area contributed by atoms with Crippen LogP contribution in [0.25, 0.3) is 0 Å². The summed E-state index contributed by atoms with van der Waals surface area (Å²) >= 11 is 0. The molecule has 28 heavy (non-hydrogen) atoms. The predicted molar refractivity (Wildman–Crippen MR) is 106 cm³/mol. The van der Waals surface area contributed by atoms with E-state index < -0.39 is 10.0 Å². The Morgan fingerprint density at radius 1 is 1.14 bits per heavy atom. The number of ketones is 1. The molecular weight excluding hydrogens is 374 g/mol. The van der Waals surface area contributed by atoms with Gasteiger partial charge in [-0.3, -0.25) is 9.48 Å². The molecule has 2 heterocycles. The van der Waals surface area contributed by atoms with Gasteiger partial charge in [-0.25, -0.2) is 8.42 Å². The maximum absolute atomic E-state index is 13.3. The van der Waals surface area contributed by atoms with Crippen LogP contribution in [0, 0.1) is 0 Å². The van der Waals surface area contributed by atoms with E-state index in [1.54, 1.807) is 29.1 Å². The number of carbonyl (C=O) groups excluding carboxylic acids is 1. The largest absolute Gasteiger partial charge is 0.295 e.